The van der Waals surface area contributed by atoms with Crippen LogP contribution in [0.2, 0.25) is 0 Å². The molecule has 0 amide bonds. The Balaban J connectivity index is 5.25. The molecule has 0 radical (unpaired) electrons. The van der Waals surface area contributed by atoms with Crippen molar-refractivity contribution in [3.05, 3.63) is 0 Å². The third kappa shape index (κ3) is 64.8. The van der Waals surface area contributed by atoms with Crippen LogP contribution in [0.15, 0.2) is 0 Å². The molecule has 5 atom stereocenters. The average molecular weight is 1330 g/mol. The van der Waals surface area contributed by atoms with Crippen LogP contribution in [0.4, 0.5) is 0 Å². The van der Waals surface area contributed by atoms with Gasteiger partial charge in [0.25, 0.3) is 0 Å². The minimum absolute atomic E-state index is 0.104. The third-order valence-corrected chi connectivity index (χ3v) is 18.2. The van der Waals surface area contributed by atoms with Gasteiger partial charge in [0.1, 0.15) is 19.3 Å². The first-order chi connectivity index (χ1) is 43.1. The van der Waals surface area contributed by atoms with Gasteiger partial charge in [0, 0.05) is 25.7 Å². The van der Waals surface area contributed by atoms with Crippen LogP contribution in [0, 0.1) is 23.7 Å². The maximum absolute atomic E-state index is 13.0. The molecule has 0 aliphatic carbocycles. The Morgan fingerprint density at radius 2 is 0.467 bits per heavy atom. The molecule has 90 heavy (non-hydrogen) atoms. The Morgan fingerprint density at radius 3 is 0.689 bits per heavy atom. The van der Waals surface area contributed by atoms with Gasteiger partial charge in [0.2, 0.25) is 0 Å². The van der Waals surface area contributed by atoms with E-state index in [9.17, 15) is 43.2 Å². The van der Waals surface area contributed by atoms with Gasteiger partial charge in [-0.25, -0.2) is 9.13 Å². The number of unbranched alkanes of at least 4 members (excludes halogenated alkanes) is 34. The first-order valence-electron chi connectivity index (χ1n) is 36.7. The van der Waals surface area contributed by atoms with Crippen LogP contribution in [0.1, 0.15) is 351 Å². The fourth-order valence-electron chi connectivity index (χ4n) is 10.7. The monoisotopic (exact) mass is 1320 g/mol. The number of hydrogen-bond donors (Lipinski definition) is 3. The zero-order valence-corrected chi connectivity index (χ0v) is 60.6. The molecule has 3 N–H and O–H groups in total. The summed E-state index contributed by atoms with van der Waals surface area (Å²) in [4.78, 5) is 72.6. The molecular formula is C71H138O17P2. The minimum atomic E-state index is -4.95. The highest BCUT2D eigenvalue weighted by Crippen LogP contribution is 2.45. The predicted octanol–water partition coefficient (Wildman–Crippen LogP) is 20.1. The Morgan fingerprint density at radius 1 is 0.278 bits per heavy atom. The van der Waals surface area contributed by atoms with Crippen molar-refractivity contribution in [1.82, 2.24) is 0 Å². The largest absolute Gasteiger partial charge is 0.472 e. The minimum Gasteiger partial charge on any atom is -0.462 e. The quantitative estimate of drug-likeness (QED) is 0.0222. The molecule has 534 valence electrons. The molecule has 3 unspecified atom stereocenters. The number of ether oxygens (including phenoxy) is 4. The van der Waals surface area contributed by atoms with E-state index in [4.69, 9.17) is 37.0 Å². The lowest BCUT2D eigenvalue weighted by Gasteiger charge is -2.21. The summed E-state index contributed by atoms with van der Waals surface area (Å²) in [6, 6.07) is 0. The summed E-state index contributed by atoms with van der Waals surface area (Å²) < 4.78 is 68.3. The second-order valence-electron chi connectivity index (χ2n) is 27.5. The Kier molecular flexibility index (Phi) is 59.4. The Labute approximate surface area is 549 Å². The molecule has 0 fully saturated rings. The fourth-order valence-corrected chi connectivity index (χ4v) is 12.2. The van der Waals surface area contributed by atoms with Crippen LogP contribution < -0.4 is 0 Å². The van der Waals surface area contributed by atoms with Crippen molar-refractivity contribution in [2.45, 2.75) is 369 Å². The summed E-state index contributed by atoms with van der Waals surface area (Å²) in [6.45, 7) is 14.1. The van der Waals surface area contributed by atoms with Crippen molar-refractivity contribution in [2.24, 2.45) is 23.7 Å². The van der Waals surface area contributed by atoms with E-state index in [1.54, 1.807) is 0 Å². The van der Waals surface area contributed by atoms with Crippen molar-refractivity contribution in [3.8, 4) is 0 Å². The van der Waals surface area contributed by atoms with E-state index in [1.807, 2.05) is 0 Å². The number of hydrogen-bond acceptors (Lipinski definition) is 15. The topological polar surface area (TPSA) is 237 Å². The van der Waals surface area contributed by atoms with Crippen LogP contribution in [0.3, 0.4) is 0 Å². The molecule has 17 nitrogen and oxygen atoms in total. The third-order valence-electron chi connectivity index (χ3n) is 16.3. The summed E-state index contributed by atoms with van der Waals surface area (Å²) in [7, 11) is -9.90. The maximum Gasteiger partial charge on any atom is 0.472 e. The van der Waals surface area contributed by atoms with E-state index < -0.39 is 97.5 Å². The predicted molar refractivity (Wildman–Crippen MR) is 363 cm³/mol. The summed E-state index contributed by atoms with van der Waals surface area (Å²) in [6.07, 6.45) is 43.1. The molecule has 0 aliphatic rings. The molecule has 0 rings (SSSR count). The molecule has 0 aromatic rings. The normalized spacial score (nSPS) is 14.3. The number of esters is 4. The van der Waals surface area contributed by atoms with Crippen LogP contribution in [-0.4, -0.2) is 96.7 Å². The number of carbonyl (C=O) groups is 4. The molecule has 0 heterocycles. The van der Waals surface area contributed by atoms with Gasteiger partial charge in [0.05, 0.1) is 26.4 Å². The van der Waals surface area contributed by atoms with E-state index in [-0.39, 0.29) is 25.7 Å². The highest BCUT2D eigenvalue weighted by molar-refractivity contribution is 7.47. The van der Waals surface area contributed by atoms with E-state index >= 15 is 0 Å². The standard InChI is InChI=1S/C71H138O17P2/c1-61(2)47-39-31-23-16-11-9-10-12-19-27-35-43-51-68(73)81-57-66(87-70(75)53-45-37-28-20-14-13-17-24-32-40-48-62(3)4)59-85-89(77,78)83-55-65(72)56-84-90(79,80)86-60-67(58-82-69(74)52-44-36-30-22-26-34-42-50-64(7)8)88-71(76)54-46-38-29-21-15-18-25-33-41-49-63(5)6/h61-67,72H,9-60H2,1-8H3,(H,77,78)(H,79,80)/t65?,66-,67-/m1/s1. The number of rotatable bonds is 68. The highest BCUT2D eigenvalue weighted by Gasteiger charge is 2.30. The first kappa shape index (κ1) is 88.1. The molecule has 0 bridgehead atoms. The molecule has 0 saturated heterocycles. The molecule has 0 spiro atoms. The number of phosphoric ester groups is 2. The van der Waals surface area contributed by atoms with Crippen molar-refractivity contribution in [3.63, 3.8) is 0 Å². The Bertz CT molecular complexity index is 1780. The Hall–Kier alpha value is -1.94. The molecule has 0 aromatic heterocycles. The highest BCUT2D eigenvalue weighted by atomic mass is 31.2. The van der Waals surface area contributed by atoms with Gasteiger partial charge in [-0.05, 0) is 49.4 Å². The van der Waals surface area contributed by atoms with Crippen LogP contribution in [0.25, 0.3) is 0 Å². The zero-order valence-electron chi connectivity index (χ0n) is 58.8. The van der Waals surface area contributed by atoms with Crippen molar-refractivity contribution in [2.75, 3.05) is 39.6 Å². The second-order valence-corrected chi connectivity index (χ2v) is 30.4. The first-order valence-corrected chi connectivity index (χ1v) is 39.7. The van der Waals surface area contributed by atoms with Gasteiger partial charge < -0.3 is 33.8 Å². The number of carbonyl (C=O) groups excluding carboxylic acids is 4. The van der Waals surface area contributed by atoms with E-state index in [0.29, 0.717) is 31.6 Å². The lowest BCUT2D eigenvalue weighted by atomic mass is 10.0. The van der Waals surface area contributed by atoms with Crippen LogP contribution in [0.5, 0.6) is 0 Å². The van der Waals surface area contributed by atoms with Gasteiger partial charge in [0.15, 0.2) is 12.2 Å². The van der Waals surface area contributed by atoms with Gasteiger partial charge in [-0.3, -0.25) is 37.3 Å². The number of aliphatic hydroxyl groups is 1. The molecule has 0 aromatic carbocycles. The van der Waals surface area contributed by atoms with Crippen molar-refractivity contribution in [1.29, 1.82) is 0 Å². The van der Waals surface area contributed by atoms with Crippen molar-refractivity contribution >= 4 is 39.5 Å². The van der Waals surface area contributed by atoms with Crippen LogP contribution >= 0.6 is 15.6 Å². The summed E-state index contributed by atoms with van der Waals surface area (Å²) >= 11 is 0. The smallest absolute Gasteiger partial charge is 0.462 e. The molecule has 0 saturated carbocycles. The van der Waals surface area contributed by atoms with Gasteiger partial charge in [-0.15, -0.1) is 0 Å². The fraction of sp³-hybridized carbons (Fsp3) is 0.944. The van der Waals surface area contributed by atoms with Gasteiger partial charge in [-0.1, -0.05) is 299 Å². The van der Waals surface area contributed by atoms with Gasteiger partial charge in [-0.2, -0.15) is 0 Å². The van der Waals surface area contributed by atoms with E-state index in [2.05, 4.69) is 55.4 Å². The zero-order chi connectivity index (χ0) is 66.8. The van der Waals surface area contributed by atoms with Gasteiger partial charge >= 0.3 is 39.5 Å². The van der Waals surface area contributed by atoms with E-state index in [0.717, 1.165) is 114 Å². The van der Waals surface area contributed by atoms with Crippen molar-refractivity contribution < 1.29 is 80.2 Å². The van der Waals surface area contributed by atoms with Crippen LogP contribution in [-0.2, 0) is 65.4 Å². The lowest BCUT2D eigenvalue weighted by molar-refractivity contribution is -0.161. The average Bonchev–Trinajstić information content (AvgIpc) is 3.63. The molecule has 0 aliphatic heterocycles. The maximum atomic E-state index is 13.0. The molecular weight excluding hydrogens is 1190 g/mol. The SMILES string of the molecule is CC(C)CCCCCCCCCCCCCCC(=O)OC[C@H](COP(=O)(O)OCC(O)COP(=O)(O)OC[C@@H](COC(=O)CCCCCCCCCC(C)C)OC(=O)CCCCCCCCCCCC(C)C)OC(=O)CCCCCCCCCCCCC(C)C. The number of phosphoric acid groups is 2. The lowest BCUT2D eigenvalue weighted by Crippen LogP contribution is -2.30. The summed E-state index contributed by atoms with van der Waals surface area (Å²) in [5.74, 6) is 0.847. The second kappa shape index (κ2) is 60.7. The molecule has 19 heteroatoms. The van der Waals surface area contributed by atoms with E-state index in [1.165, 1.54) is 148 Å². The summed E-state index contributed by atoms with van der Waals surface area (Å²) in [5.41, 5.74) is 0. The number of aliphatic hydroxyl groups excluding tert-OH is 1. The summed E-state index contributed by atoms with van der Waals surface area (Å²) in [5, 5.41) is 10.6.